The average molecular weight is 512 g/mol. The molecule has 3 heterocycles. The largest absolute Gasteiger partial charge is 0.480 e. The molecule has 0 atom stereocenters. The molecule has 0 amide bonds. The van der Waals surface area contributed by atoms with Crippen molar-refractivity contribution in [2.24, 2.45) is 10.7 Å². The standard InChI is InChI=1S/C26H28F3N7O/c1-15-12-21(26(27,28)29)34-36(15)18-8-6-17(7-9-18)35-11-10-20(31-2)19(13-35)23(30)22-24(16-4-5-16)32-14-33-25(22)37-3/h6-9,12,14,16H,4-5,10-11,13,30H2,1-3H3/b23-19-,31-20?. The molecule has 2 N–H and O–H groups in total. The summed E-state index contributed by atoms with van der Waals surface area (Å²) in [5.41, 5.74) is 11.8. The molecule has 1 saturated heterocycles. The highest BCUT2D eigenvalue weighted by Crippen LogP contribution is 2.44. The maximum Gasteiger partial charge on any atom is 0.435 e. The first-order chi connectivity index (χ1) is 17.7. The Morgan fingerprint density at radius 1 is 1.14 bits per heavy atom. The summed E-state index contributed by atoms with van der Waals surface area (Å²) in [7, 11) is 3.33. The van der Waals surface area contributed by atoms with Gasteiger partial charge in [0.25, 0.3) is 0 Å². The monoisotopic (exact) mass is 511 g/mol. The number of aliphatic imine (C=N–C) groups is 1. The maximum absolute atomic E-state index is 13.1. The number of halogens is 3. The second-order valence-electron chi connectivity index (χ2n) is 9.25. The number of nitrogens with zero attached hydrogens (tertiary/aromatic N) is 6. The molecule has 11 heteroatoms. The molecule has 1 aromatic carbocycles. The summed E-state index contributed by atoms with van der Waals surface area (Å²) in [5.74, 6) is 0.801. The Hall–Kier alpha value is -3.89. The number of benzene rings is 1. The zero-order chi connectivity index (χ0) is 26.3. The molecule has 5 rings (SSSR count). The lowest BCUT2D eigenvalue weighted by Gasteiger charge is -2.33. The zero-order valence-corrected chi connectivity index (χ0v) is 20.9. The molecule has 2 aliphatic rings. The number of aromatic nitrogens is 4. The number of hydrogen-bond donors (Lipinski definition) is 1. The van der Waals surface area contributed by atoms with Crippen LogP contribution in [-0.2, 0) is 6.18 Å². The SMILES string of the molecule is CN=C1CCN(c2ccc(-n3nc(C(F)(F)F)cc3C)cc2)C/C1=C(/N)c1c(OC)ncnc1C1CC1. The highest BCUT2D eigenvalue weighted by atomic mass is 19.4. The van der Waals surface area contributed by atoms with Crippen molar-refractivity contribution in [1.82, 2.24) is 19.7 Å². The van der Waals surface area contributed by atoms with Gasteiger partial charge in [-0.15, -0.1) is 0 Å². The smallest absolute Gasteiger partial charge is 0.435 e. The van der Waals surface area contributed by atoms with E-state index in [-0.39, 0.29) is 0 Å². The lowest BCUT2D eigenvalue weighted by atomic mass is 9.95. The Balaban J connectivity index is 1.46. The fourth-order valence-electron chi connectivity index (χ4n) is 4.75. The molecular weight excluding hydrogens is 483 g/mol. The lowest BCUT2D eigenvalue weighted by Crippen LogP contribution is -2.37. The van der Waals surface area contributed by atoms with Crippen LogP contribution in [0.2, 0.25) is 0 Å². The minimum Gasteiger partial charge on any atom is -0.480 e. The van der Waals surface area contributed by atoms with E-state index in [1.807, 2.05) is 12.1 Å². The quantitative estimate of drug-likeness (QED) is 0.541. The van der Waals surface area contributed by atoms with Crippen LogP contribution >= 0.6 is 0 Å². The molecule has 37 heavy (non-hydrogen) atoms. The average Bonchev–Trinajstić information content (AvgIpc) is 3.67. The molecule has 0 unspecified atom stereocenters. The normalized spacial score (nSPS) is 18.9. The molecular formula is C26H28F3N7O. The Labute approximate surface area is 212 Å². The first-order valence-electron chi connectivity index (χ1n) is 12.0. The van der Waals surface area contributed by atoms with Gasteiger partial charge >= 0.3 is 6.18 Å². The van der Waals surface area contributed by atoms with E-state index < -0.39 is 11.9 Å². The summed E-state index contributed by atoms with van der Waals surface area (Å²) < 4.78 is 46.1. The van der Waals surface area contributed by atoms with E-state index in [1.165, 1.54) is 11.0 Å². The second-order valence-corrected chi connectivity index (χ2v) is 9.25. The van der Waals surface area contributed by atoms with E-state index in [0.29, 0.717) is 41.8 Å². The van der Waals surface area contributed by atoms with Gasteiger partial charge in [-0.1, -0.05) is 0 Å². The topological polar surface area (TPSA) is 94.5 Å². The van der Waals surface area contributed by atoms with Crippen LogP contribution in [-0.4, -0.2) is 52.7 Å². The molecule has 1 saturated carbocycles. The fraction of sp³-hybridized carbons (Fsp3) is 0.385. The van der Waals surface area contributed by atoms with Gasteiger partial charge in [0.05, 0.1) is 29.8 Å². The van der Waals surface area contributed by atoms with Crippen molar-refractivity contribution in [3.05, 3.63) is 64.9 Å². The first kappa shape index (κ1) is 24.8. The van der Waals surface area contributed by atoms with Crippen LogP contribution in [0.4, 0.5) is 18.9 Å². The minimum atomic E-state index is -4.49. The summed E-state index contributed by atoms with van der Waals surface area (Å²) in [6.07, 6.45) is -0.171. The number of methoxy groups -OCH3 is 1. The highest BCUT2D eigenvalue weighted by molar-refractivity contribution is 6.08. The van der Waals surface area contributed by atoms with Crippen molar-refractivity contribution in [2.75, 3.05) is 32.1 Å². The molecule has 1 aliphatic carbocycles. The number of hydrogen-bond acceptors (Lipinski definition) is 7. The van der Waals surface area contributed by atoms with Crippen LogP contribution in [0.1, 0.15) is 47.8 Å². The van der Waals surface area contributed by atoms with Gasteiger partial charge < -0.3 is 15.4 Å². The van der Waals surface area contributed by atoms with Gasteiger partial charge in [0.15, 0.2) is 5.69 Å². The maximum atomic E-state index is 13.1. The van der Waals surface area contributed by atoms with E-state index in [4.69, 9.17) is 10.5 Å². The van der Waals surface area contributed by atoms with Gasteiger partial charge in [-0.3, -0.25) is 4.99 Å². The molecule has 8 nitrogen and oxygen atoms in total. The molecule has 3 aromatic rings. The Bertz CT molecular complexity index is 1370. The van der Waals surface area contributed by atoms with Gasteiger partial charge in [-0.25, -0.2) is 14.6 Å². The van der Waals surface area contributed by atoms with Crippen molar-refractivity contribution in [2.45, 2.75) is 38.3 Å². The second kappa shape index (κ2) is 9.53. The van der Waals surface area contributed by atoms with Crippen LogP contribution < -0.4 is 15.4 Å². The lowest BCUT2D eigenvalue weighted by molar-refractivity contribution is -0.141. The van der Waals surface area contributed by atoms with E-state index >= 15 is 0 Å². The summed E-state index contributed by atoms with van der Waals surface area (Å²) in [6.45, 7) is 2.84. The van der Waals surface area contributed by atoms with Crippen molar-refractivity contribution >= 4 is 17.1 Å². The van der Waals surface area contributed by atoms with E-state index in [9.17, 15) is 13.2 Å². The first-order valence-corrected chi connectivity index (χ1v) is 12.0. The summed E-state index contributed by atoms with van der Waals surface area (Å²) in [4.78, 5) is 15.5. The van der Waals surface area contributed by atoms with Crippen molar-refractivity contribution in [3.8, 4) is 11.6 Å². The summed E-state index contributed by atoms with van der Waals surface area (Å²) in [6, 6.07) is 8.35. The van der Waals surface area contributed by atoms with Crippen LogP contribution in [0.3, 0.4) is 0 Å². The van der Waals surface area contributed by atoms with Crippen LogP contribution in [0.25, 0.3) is 11.4 Å². The molecule has 2 aromatic heterocycles. The number of aryl methyl sites for hydroxylation is 1. The van der Waals surface area contributed by atoms with E-state index in [0.717, 1.165) is 53.7 Å². The third-order valence-corrected chi connectivity index (χ3v) is 6.82. The minimum absolute atomic E-state index is 0.351. The number of ether oxygens (including phenoxy) is 1. The third-order valence-electron chi connectivity index (χ3n) is 6.82. The summed E-state index contributed by atoms with van der Waals surface area (Å²) >= 11 is 0. The molecule has 0 bridgehead atoms. The number of piperidine rings is 1. The molecule has 1 aliphatic heterocycles. The van der Waals surface area contributed by atoms with Gasteiger partial charge in [0, 0.05) is 55.1 Å². The number of rotatable bonds is 5. The molecule has 0 spiro atoms. The molecule has 0 radical (unpaired) electrons. The summed E-state index contributed by atoms with van der Waals surface area (Å²) in [5, 5.41) is 3.74. The molecule has 194 valence electrons. The van der Waals surface area contributed by atoms with Gasteiger partial charge in [0.1, 0.15) is 6.33 Å². The van der Waals surface area contributed by atoms with E-state index in [1.54, 1.807) is 33.2 Å². The Morgan fingerprint density at radius 2 is 1.84 bits per heavy atom. The van der Waals surface area contributed by atoms with Gasteiger partial charge in [-0.2, -0.15) is 18.3 Å². The predicted octanol–water partition coefficient (Wildman–Crippen LogP) is 4.53. The van der Waals surface area contributed by atoms with Gasteiger partial charge in [-0.05, 0) is 50.1 Å². The Kier molecular flexibility index (Phi) is 6.38. The van der Waals surface area contributed by atoms with Crippen LogP contribution in [0.15, 0.2) is 47.2 Å². The predicted molar refractivity (Wildman–Crippen MR) is 135 cm³/mol. The van der Waals surface area contributed by atoms with Crippen LogP contribution in [0.5, 0.6) is 5.88 Å². The van der Waals surface area contributed by atoms with Crippen LogP contribution in [0, 0.1) is 6.92 Å². The van der Waals surface area contributed by atoms with Crippen molar-refractivity contribution in [1.29, 1.82) is 0 Å². The number of nitrogens with two attached hydrogens (primary N) is 1. The fourth-order valence-corrected chi connectivity index (χ4v) is 4.75. The van der Waals surface area contributed by atoms with E-state index in [2.05, 4.69) is 25.0 Å². The Morgan fingerprint density at radius 3 is 2.43 bits per heavy atom. The number of anilines is 1. The van der Waals surface area contributed by atoms with Crippen molar-refractivity contribution in [3.63, 3.8) is 0 Å². The van der Waals surface area contributed by atoms with Gasteiger partial charge in [0.2, 0.25) is 5.88 Å². The third kappa shape index (κ3) is 4.77. The molecule has 2 fully saturated rings. The van der Waals surface area contributed by atoms with Crippen molar-refractivity contribution < 1.29 is 17.9 Å². The zero-order valence-electron chi connectivity index (χ0n) is 20.9. The number of alkyl halides is 3. The highest BCUT2D eigenvalue weighted by Gasteiger charge is 2.35.